The van der Waals surface area contributed by atoms with E-state index >= 15 is 0 Å². The molecule has 1 heterocycles. The predicted octanol–water partition coefficient (Wildman–Crippen LogP) is 4.70. The van der Waals surface area contributed by atoms with Gasteiger partial charge in [-0.2, -0.15) is 0 Å². The number of carbonyl (C=O) groups is 1. The molecule has 1 N–H and O–H groups in total. The van der Waals surface area contributed by atoms with Crippen molar-refractivity contribution in [2.24, 2.45) is 0 Å². The van der Waals surface area contributed by atoms with E-state index in [0.29, 0.717) is 5.56 Å². The third kappa shape index (κ3) is 6.33. The Morgan fingerprint density at radius 1 is 1.00 bits per heavy atom. The van der Waals surface area contributed by atoms with Crippen molar-refractivity contribution in [2.75, 3.05) is 0 Å². The molecule has 0 saturated heterocycles. The Morgan fingerprint density at radius 3 is 2.13 bits per heavy atom. The predicted molar refractivity (Wildman–Crippen MR) is 95.3 cm³/mol. The van der Waals surface area contributed by atoms with Crippen molar-refractivity contribution in [1.29, 1.82) is 0 Å². The number of rotatable bonds is 9. The molecule has 30 heavy (non-hydrogen) atoms. The fourth-order valence-corrected chi connectivity index (χ4v) is 2.42. The van der Waals surface area contributed by atoms with Crippen LogP contribution in [0.4, 0.5) is 13.2 Å². The maximum atomic E-state index is 12.2. The van der Waals surface area contributed by atoms with Crippen LogP contribution < -0.4 is 4.74 Å². The fourth-order valence-electron chi connectivity index (χ4n) is 2.42. The fraction of sp³-hybridized carbons (Fsp3) is 0.200. The number of benzene rings is 2. The van der Waals surface area contributed by atoms with Gasteiger partial charge < -0.3 is 23.8 Å². The van der Waals surface area contributed by atoms with Crippen molar-refractivity contribution in [3.63, 3.8) is 0 Å². The Morgan fingerprint density at radius 2 is 1.60 bits per heavy atom. The Hall–Kier alpha value is -3.37. The number of aromatic carboxylic acids is 1. The summed E-state index contributed by atoms with van der Waals surface area (Å²) in [5, 5.41) is 12.4. The van der Waals surface area contributed by atoms with E-state index in [1.807, 2.05) is 30.3 Å². The van der Waals surface area contributed by atoms with Crippen LogP contribution in [0.15, 0.2) is 65.2 Å². The molecule has 0 aliphatic heterocycles. The molecule has 0 aliphatic rings. The van der Waals surface area contributed by atoms with E-state index in [1.54, 1.807) is 0 Å². The summed E-state index contributed by atoms with van der Waals surface area (Å²) < 4.78 is 56.9. The first-order chi connectivity index (χ1) is 14.3. The molecule has 1 aromatic heterocycles. The normalized spacial score (nSPS) is 12.5. The van der Waals surface area contributed by atoms with Gasteiger partial charge in [0.15, 0.2) is 11.5 Å². The Bertz CT molecular complexity index is 957. The van der Waals surface area contributed by atoms with Crippen molar-refractivity contribution in [3.05, 3.63) is 83.2 Å². The summed E-state index contributed by atoms with van der Waals surface area (Å²) >= 11 is 0. The van der Waals surface area contributed by atoms with E-state index in [0.717, 1.165) is 17.7 Å². The number of carboxylic acids is 1. The lowest BCUT2D eigenvalue weighted by Gasteiger charge is -2.16. The third-order valence-corrected chi connectivity index (χ3v) is 3.78. The van der Waals surface area contributed by atoms with Crippen LogP contribution in [0, 0.1) is 0 Å². The van der Waals surface area contributed by atoms with Crippen LogP contribution in [0.3, 0.4) is 0 Å². The van der Waals surface area contributed by atoms with E-state index in [9.17, 15) is 18.0 Å². The van der Waals surface area contributed by atoms with Crippen molar-refractivity contribution < 1.29 is 41.8 Å². The van der Waals surface area contributed by atoms with Gasteiger partial charge in [0, 0.05) is 6.07 Å². The molecule has 0 spiro atoms. The van der Waals surface area contributed by atoms with Gasteiger partial charge in [-0.15, -0.1) is 13.2 Å². The molecule has 0 amide bonds. The second kappa shape index (κ2) is 9.42. The van der Waals surface area contributed by atoms with Crippen LogP contribution in [0.2, 0.25) is 0 Å². The van der Waals surface area contributed by atoms with Gasteiger partial charge in [0.05, 0.1) is 13.2 Å². The summed E-state index contributed by atoms with van der Waals surface area (Å²) in [5.41, 5.74) is 1.07. The number of ether oxygens (including phenoxy) is 3. The van der Waals surface area contributed by atoms with Crippen molar-refractivity contribution in [3.8, 4) is 5.75 Å². The lowest BCUT2D eigenvalue weighted by molar-refractivity contribution is -0.274. The van der Waals surface area contributed by atoms with Gasteiger partial charge in [0.25, 0.3) is 0 Å². The third-order valence-electron chi connectivity index (χ3n) is 3.78. The second-order valence-corrected chi connectivity index (χ2v) is 6.05. The number of hydrogen-bond donors (Lipinski definition) is 1. The van der Waals surface area contributed by atoms with E-state index in [4.69, 9.17) is 19.1 Å². The molecule has 1 unspecified atom stereocenters. The zero-order valence-corrected chi connectivity index (χ0v) is 15.3. The van der Waals surface area contributed by atoms with Crippen molar-refractivity contribution >= 4 is 5.97 Å². The molecule has 10 heteroatoms. The van der Waals surface area contributed by atoms with Gasteiger partial charge in [-0.1, -0.05) is 47.6 Å². The molecule has 2 aromatic carbocycles. The zero-order valence-electron chi connectivity index (χ0n) is 15.3. The summed E-state index contributed by atoms with van der Waals surface area (Å²) in [6.45, 7) is 0.0990. The minimum absolute atomic E-state index is 0.0420. The molecule has 3 aromatic rings. The van der Waals surface area contributed by atoms with Crippen LogP contribution in [0.5, 0.6) is 5.75 Å². The highest BCUT2D eigenvalue weighted by molar-refractivity contribution is 5.85. The molecule has 0 saturated carbocycles. The lowest BCUT2D eigenvalue weighted by atomic mass is 10.2. The summed E-state index contributed by atoms with van der Waals surface area (Å²) in [5.74, 6) is -1.59. The summed E-state index contributed by atoms with van der Waals surface area (Å²) in [7, 11) is 0. The molecule has 7 nitrogen and oxygen atoms in total. The molecule has 0 bridgehead atoms. The molecule has 158 valence electrons. The summed E-state index contributed by atoms with van der Waals surface area (Å²) in [6, 6.07) is 15.5. The first kappa shape index (κ1) is 21.3. The molecule has 1 atom stereocenters. The van der Waals surface area contributed by atoms with E-state index in [1.165, 1.54) is 18.2 Å². The topological polar surface area (TPSA) is 91.0 Å². The van der Waals surface area contributed by atoms with Gasteiger partial charge in [-0.3, -0.25) is 0 Å². The van der Waals surface area contributed by atoms with Crippen molar-refractivity contribution in [2.45, 2.75) is 25.9 Å². The van der Waals surface area contributed by atoms with Gasteiger partial charge in [-0.05, 0) is 23.3 Å². The number of hydrogen-bond acceptors (Lipinski definition) is 6. The average Bonchev–Trinajstić information content (AvgIpc) is 3.19. The molecule has 3 rings (SSSR count). The smallest absolute Gasteiger partial charge is 0.476 e. The van der Waals surface area contributed by atoms with Crippen LogP contribution in [-0.4, -0.2) is 22.6 Å². The Balaban J connectivity index is 1.67. The second-order valence-electron chi connectivity index (χ2n) is 6.05. The largest absolute Gasteiger partial charge is 0.573 e. The first-order valence-electron chi connectivity index (χ1n) is 8.62. The standard InChI is InChI=1S/C20H16F3NO6/c21-20(22,23)29-15-8-6-14(7-9-15)12-28-19(17-10-16(18(25)26)24-30-17)27-11-13-4-2-1-3-5-13/h1-10,19H,11-12H2,(H,25,26). The van der Waals surface area contributed by atoms with Gasteiger partial charge in [0.2, 0.25) is 6.29 Å². The summed E-state index contributed by atoms with van der Waals surface area (Å²) in [4.78, 5) is 11.0. The Labute approximate surface area is 168 Å². The molecule has 0 aliphatic carbocycles. The molecular weight excluding hydrogens is 407 g/mol. The van der Waals surface area contributed by atoms with E-state index in [-0.39, 0.29) is 30.4 Å². The number of aromatic nitrogens is 1. The van der Waals surface area contributed by atoms with Gasteiger partial charge >= 0.3 is 12.3 Å². The minimum Gasteiger partial charge on any atom is -0.476 e. The van der Waals surface area contributed by atoms with Crippen LogP contribution in [0.25, 0.3) is 0 Å². The van der Waals surface area contributed by atoms with E-state index in [2.05, 4.69) is 9.89 Å². The van der Waals surface area contributed by atoms with Gasteiger partial charge in [-0.25, -0.2) is 4.79 Å². The quantitative estimate of drug-likeness (QED) is 0.499. The number of carboxylic acid groups (broad SMARTS) is 1. The lowest BCUT2D eigenvalue weighted by Crippen LogP contribution is -2.17. The highest BCUT2D eigenvalue weighted by Gasteiger charge is 2.31. The number of halogens is 3. The first-order valence-corrected chi connectivity index (χ1v) is 8.62. The average molecular weight is 423 g/mol. The maximum absolute atomic E-state index is 12.2. The monoisotopic (exact) mass is 423 g/mol. The van der Waals surface area contributed by atoms with Crippen molar-refractivity contribution in [1.82, 2.24) is 5.16 Å². The minimum atomic E-state index is -4.78. The zero-order chi connectivity index (χ0) is 21.6. The van der Waals surface area contributed by atoms with E-state index < -0.39 is 18.6 Å². The molecular formula is C20H16F3NO6. The summed E-state index contributed by atoms with van der Waals surface area (Å²) in [6.07, 6.45) is -5.86. The van der Waals surface area contributed by atoms with Crippen LogP contribution in [-0.2, 0) is 22.7 Å². The highest BCUT2D eigenvalue weighted by Crippen LogP contribution is 2.26. The number of alkyl halides is 3. The van der Waals surface area contributed by atoms with Crippen LogP contribution >= 0.6 is 0 Å². The number of nitrogens with zero attached hydrogens (tertiary/aromatic N) is 1. The van der Waals surface area contributed by atoms with Crippen LogP contribution in [0.1, 0.15) is 33.7 Å². The Kier molecular flexibility index (Phi) is 6.70. The maximum Gasteiger partial charge on any atom is 0.573 e. The van der Waals surface area contributed by atoms with Gasteiger partial charge in [0.1, 0.15) is 5.75 Å². The molecule has 0 fully saturated rings. The highest BCUT2D eigenvalue weighted by atomic mass is 19.4. The SMILES string of the molecule is O=C(O)c1cc(C(OCc2ccccc2)OCc2ccc(OC(F)(F)F)cc2)on1. The molecule has 0 radical (unpaired) electrons.